The van der Waals surface area contributed by atoms with Gasteiger partial charge in [-0.15, -0.1) is 0 Å². The second-order valence-corrected chi connectivity index (χ2v) is 3.01. The SMILES string of the molecule is Cc1cccnc1C(=O)c1ccoc1. The molecule has 70 valence electrons. The molecule has 0 aliphatic carbocycles. The Balaban J connectivity index is 2.42. The molecule has 3 heteroatoms. The average Bonchev–Trinajstić information content (AvgIpc) is 2.70. The topological polar surface area (TPSA) is 43.1 Å². The monoisotopic (exact) mass is 187 g/mol. The van der Waals surface area contributed by atoms with Crippen molar-refractivity contribution in [2.75, 3.05) is 0 Å². The van der Waals surface area contributed by atoms with Crippen LogP contribution in [0.25, 0.3) is 0 Å². The van der Waals surface area contributed by atoms with Crippen molar-refractivity contribution in [1.29, 1.82) is 0 Å². The standard InChI is InChI=1S/C11H9NO2/c1-8-3-2-5-12-10(8)11(13)9-4-6-14-7-9/h2-7H,1H3. The number of hydrogen-bond acceptors (Lipinski definition) is 3. The van der Waals surface area contributed by atoms with E-state index in [0.717, 1.165) is 5.56 Å². The van der Waals surface area contributed by atoms with Gasteiger partial charge in [-0.25, -0.2) is 0 Å². The Hall–Kier alpha value is -1.90. The van der Waals surface area contributed by atoms with Gasteiger partial charge in [0, 0.05) is 6.20 Å². The normalized spacial score (nSPS) is 10.1. The van der Waals surface area contributed by atoms with E-state index in [4.69, 9.17) is 4.42 Å². The van der Waals surface area contributed by atoms with Gasteiger partial charge >= 0.3 is 0 Å². The number of ketones is 1. The minimum Gasteiger partial charge on any atom is -0.472 e. The fourth-order valence-electron chi connectivity index (χ4n) is 1.25. The number of aryl methyl sites for hydroxylation is 1. The molecule has 2 aromatic rings. The third-order valence-electron chi connectivity index (χ3n) is 2.01. The van der Waals surface area contributed by atoms with Gasteiger partial charge in [-0.1, -0.05) is 6.07 Å². The van der Waals surface area contributed by atoms with Gasteiger partial charge in [-0.2, -0.15) is 0 Å². The predicted molar refractivity (Wildman–Crippen MR) is 51.1 cm³/mol. The first kappa shape index (κ1) is 8.69. The maximum Gasteiger partial charge on any atom is 0.214 e. The number of furan rings is 1. The van der Waals surface area contributed by atoms with Gasteiger partial charge in [-0.3, -0.25) is 9.78 Å². The summed E-state index contributed by atoms with van der Waals surface area (Å²) in [5, 5.41) is 0. The summed E-state index contributed by atoms with van der Waals surface area (Å²) in [5.41, 5.74) is 1.89. The Morgan fingerprint density at radius 3 is 2.93 bits per heavy atom. The molecule has 0 amide bonds. The molecule has 0 aliphatic heterocycles. The largest absolute Gasteiger partial charge is 0.472 e. The quantitative estimate of drug-likeness (QED) is 0.677. The highest BCUT2D eigenvalue weighted by Gasteiger charge is 2.13. The van der Waals surface area contributed by atoms with Crippen LogP contribution in [-0.2, 0) is 0 Å². The van der Waals surface area contributed by atoms with Crippen LogP contribution in [0, 0.1) is 6.92 Å². The number of aromatic nitrogens is 1. The van der Waals surface area contributed by atoms with Gasteiger partial charge in [0.15, 0.2) is 0 Å². The van der Waals surface area contributed by atoms with Crippen molar-refractivity contribution in [2.24, 2.45) is 0 Å². The highest BCUT2D eigenvalue weighted by molar-refractivity contribution is 6.08. The van der Waals surface area contributed by atoms with Crippen LogP contribution >= 0.6 is 0 Å². The number of nitrogens with zero attached hydrogens (tertiary/aromatic N) is 1. The lowest BCUT2D eigenvalue weighted by Gasteiger charge is -1.99. The summed E-state index contributed by atoms with van der Waals surface area (Å²) in [6, 6.07) is 5.30. The Kier molecular flexibility index (Phi) is 2.14. The van der Waals surface area contributed by atoms with Gasteiger partial charge in [-0.05, 0) is 24.6 Å². The van der Waals surface area contributed by atoms with Gasteiger partial charge in [0.2, 0.25) is 5.78 Å². The lowest BCUT2D eigenvalue weighted by atomic mass is 10.1. The lowest BCUT2D eigenvalue weighted by molar-refractivity contribution is 0.103. The van der Waals surface area contributed by atoms with Crippen molar-refractivity contribution in [3.63, 3.8) is 0 Å². The van der Waals surface area contributed by atoms with Gasteiger partial charge in [0.1, 0.15) is 12.0 Å². The molecule has 2 rings (SSSR count). The predicted octanol–water partition coefficient (Wildman–Crippen LogP) is 2.21. The van der Waals surface area contributed by atoms with Gasteiger partial charge in [0.25, 0.3) is 0 Å². The average molecular weight is 187 g/mol. The van der Waals surface area contributed by atoms with Crippen LogP contribution in [0.3, 0.4) is 0 Å². The molecule has 3 nitrogen and oxygen atoms in total. The summed E-state index contributed by atoms with van der Waals surface area (Å²) in [5.74, 6) is -0.100. The zero-order chi connectivity index (χ0) is 9.97. The third-order valence-corrected chi connectivity index (χ3v) is 2.01. The Labute approximate surface area is 81.4 Å². The van der Waals surface area contributed by atoms with E-state index in [1.54, 1.807) is 12.3 Å². The summed E-state index contributed by atoms with van der Waals surface area (Å²) >= 11 is 0. The summed E-state index contributed by atoms with van der Waals surface area (Å²) in [6.07, 6.45) is 4.52. The summed E-state index contributed by atoms with van der Waals surface area (Å²) in [7, 11) is 0. The van der Waals surface area contributed by atoms with Crippen LogP contribution in [0.15, 0.2) is 41.3 Å². The Morgan fingerprint density at radius 2 is 2.29 bits per heavy atom. The molecular weight excluding hydrogens is 178 g/mol. The number of hydrogen-bond donors (Lipinski definition) is 0. The summed E-state index contributed by atoms with van der Waals surface area (Å²) < 4.78 is 4.85. The molecule has 0 unspecified atom stereocenters. The fraction of sp³-hybridized carbons (Fsp3) is 0.0909. The maximum atomic E-state index is 11.8. The molecule has 0 saturated carbocycles. The van der Waals surface area contributed by atoms with Gasteiger partial charge < -0.3 is 4.42 Å². The molecule has 0 saturated heterocycles. The van der Waals surface area contributed by atoms with Crippen LogP contribution in [0.1, 0.15) is 21.6 Å². The zero-order valence-corrected chi connectivity index (χ0v) is 7.73. The van der Waals surface area contributed by atoms with Crippen molar-refractivity contribution < 1.29 is 9.21 Å². The van der Waals surface area contributed by atoms with Crippen molar-refractivity contribution in [1.82, 2.24) is 4.98 Å². The first-order valence-corrected chi connectivity index (χ1v) is 4.27. The first-order valence-electron chi connectivity index (χ1n) is 4.27. The van der Waals surface area contributed by atoms with E-state index in [-0.39, 0.29) is 5.78 Å². The Morgan fingerprint density at radius 1 is 1.43 bits per heavy atom. The molecule has 0 fully saturated rings. The molecule has 2 heterocycles. The number of rotatable bonds is 2. The van der Waals surface area contributed by atoms with Crippen LogP contribution in [0.2, 0.25) is 0 Å². The highest BCUT2D eigenvalue weighted by atomic mass is 16.3. The molecule has 2 aromatic heterocycles. The van der Waals surface area contributed by atoms with Gasteiger partial charge in [0.05, 0.1) is 11.8 Å². The highest BCUT2D eigenvalue weighted by Crippen LogP contribution is 2.11. The molecule has 0 radical (unpaired) electrons. The van der Waals surface area contributed by atoms with Crippen LogP contribution in [-0.4, -0.2) is 10.8 Å². The van der Waals surface area contributed by atoms with E-state index >= 15 is 0 Å². The van der Waals surface area contributed by atoms with Crippen molar-refractivity contribution in [2.45, 2.75) is 6.92 Å². The maximum absolute atomic E-state index is 11.8. The van der Waals surface area contributed by atoms with E-state index < -0.39 is 0 Å². The molecule has 14 heavy (non-hydrogen) atoms. The lowest BCUT2D eigenvalue weighted by Crippen LogP contribution is -2.04. The molecule has 0 atom stereocenters. The van der Waals surface area contributed by atoms with E-state index in [2.05, 4.69) is 4.98 Å². The molecular formula is C11H9NO2. The summed E-state index contributed by atoms with van der Waals surface area (Å²) in [6.45, 7) is 1.86. The van der Waals surface area contributed by atoms with Crippen LogP contribution in [0.4, 0.5) is 0 Å². The third kappa shape index (κ3) is 1.44. The Bertz CT molecular complexity index is 446. The van der Waals surface area contributed by atoms with Crippen LogP contribution < -0.4 is 0 Å². The smallest absolute Gasteiger partial charge is 0.214 e. The second-order valence-electron chi connectivity index (χ2n) is 3.01. The number of carbonyl (C=O) groups is 1. The van der Waals surface area contributed by atoms with E-state index in [1.807, 2.05) is 19.1 Å². The van der Waals surface area contributed by atoms with Crippen molar-refractivity contribution in [3.05, 3.63) is 53.7 Å². The second kappa shape index (κ2) is 3.46. The molecule has 0 N–H and O–H groups in total. The van der Waals surface area contributed by atoms with Crippen LogP contribution in [0.5, 0.6) is 0 Å². The molecule has 0 aliphatic rings. The van der Waals surface area contributed by atoms with E-state index in [0.29, 0.717) is 11.3 Å². The number of carbonyl (C=O) groups excluding carboxylic acids is 1. The molecule has 0 bridgehead atoms. The van der Waals surface area contributed by atoms with Crippen molar-refractivity contribution in [3.8, 4) is 0 Å². The fourth-order valence-corrected chi connectivity index (χ4v) is 1.25. The van der Waals surface area contributed by atoms with E-state index in [9.17, 15) is 4.79 Å². The van der Waals surface area contributed by atoms with Crippen molar-refractivity contribution >= 4 is 5.78 Å². The van der Waals surface area contributed by atoms with E-state index in [1.165, 1.54) is 12.5 Å². The molecule has 0 spiro atoms. The molecule has 0 aromatic carbocycles. The zero-order valence-electron chi connectivity index (χ0n) is 7.73. The first-order chi connectivity index (χ1) is 6.79. The summed E-state index contributed by atoms with van der Waals surface area (Å²) in [4.78, 5) is 15.8. The number of pyridine rings is 1. The minimum absolute atomic E-state index is 0.100. The minimum atomic E-state index is -0.100.